The molecule has 21 heavy (non-hydrogen) atoms. The van der Waals surface area contributed by atoms with Gasteiger partial charge in [-0.25, -0.2) is 0 Å². The van der Waals surface area contributed by atoms with Crippen molar-refractivity contribution in [2.45, 2.75) is 65.0 Å². The summed E-state index contributed by atoms with van der Waals surface area (Å²) in [5.74, 6) is 2.74. The summed E-state index contributed by atoms with van der Waals surface area (Å²) < 4.78 is 6.44. The predicted octanol–water partition coefficient (Wildman–Crippen LogP) is 4.49. The minimum Gasteiger partial charge on any atom is -0.490 e. The molecule has 0 radical (unpaired) electrons. The maximum Gasteiger partial charge on any atom is 0.123 e. The molecule has 0 aliphatic heterocycles. The molecule has 2 aliphatic rings. The Balaban J connectivity index is 1.75. The van der Waals surface area contributed by atoms with Crippen molar-refractivity contribution in [3.8, 4) is 5.75 Å². The average Bonchev–Trinajstić information content (AvgIpc) is 2.83. The van der Waals surface area contributed by atoms with E-state index in [1.54, 1.807) is 0 Å². The first-order valence-corrected chi connectivity index (χ1v) is 8.69. The number of fused-ring (bicyclic) bond motifs is 1. The van der Waals surface area contributed by atoms with Gasteiger partial charge in [-0.2, -0.15) is 0 Å². The highest BCUT2D eigenvalue weighted by atomic mass is 16.5. The molecule has 1 N–H and O–H groups in total. The number of benzene rings is 1. The molecule has 0 saturated heterocycles. The van der Waals surface area contributed by atoms with Crippen LogP contribution in [0.5, 0.6) is 5.75 Å². The molecule has 3 atom stereocenters. The van der Waals surface area contributed by atoms with Crippen molar-refractivity contribution >= 4 is 0 Å². The Bertz CT molecular complexity index is 474. The lowest BCUT2D eigenvalue weighted by molar-refractivity contribution is 0.100. The third-order valence-corrected chi connectivity index (χ3v) is 5.11. The van der Waals surface area contributed by atoms with Crippen LogP contribution in [-0.4, -0.2) is 12.6 Å². The molecule has 0 bridgehead atoms. The van der Waals surface area contributed by atoms with Crippen LogP contribution in [0.2, 0.25) is 0 Å². The molecule has 2 aliphatic carbocycles. The van der Waals surface area contributed by atoms with Crippen LogP contribution in [-0.2, 0) is 6.42 Å². The molecule has 2 heteroatoms. The second-order valence-electron chi connectivity index (χ2n) is 7.13. The molecule has 1 aromatic carbocycles. The van der Waals surface area contributed by atoms with E-state index in [1.807, 2.05) is 0 Å². The van der Waals surface area contributed by atoms with Gasteiger partial charge in [0, 0.05) is 6.04 Å². The lowest BCUT2D eigenvalue weighted by Crippen LogP contribution is -2.28. The van der Waals surface area contributed by atoms with E-state index in [0.29, 0.717) is 12.1 Å². The minimum atomic E-state index is 0.411. The van der Waals surface area contributed by atoms with Gasteiger partial charge in [0.15, 0.2) is 0 Å². The van der Waals surface area contributed by atoms with Gasteiger partial charge in [0.2, 0.25) is 0 Å². The summed E-state index contributed by atoms with van der Waals surface area (Å²) in [5, 5.41) is 3.59. The first-order chi connectivity index (χ1) is 10.2. The molecule has 0 heterocycles. The Kier molecular flexibility index (Phi) is 4.54. The first kappa shape index (κ1) is 14.9. The van der Waals surface area contributed by atoms with Crippen molar-refractivity contribution in [2.24, 2.45) is 11.8 Å². The van der Waals surface area contributed by atoms with E-state index in [-0.39, 0.29) is 0 Å². The topological polar surface area (TPSA) is 21.3 Å². The summed E-state index contributed by atoms with van der Waals surface area (Å²) in [6.07, 6.45) is 6.56. The molecule has 0 amide bonds. The molecule has 3 unspecified atom stereocenters. The standard InChI is InChI=1S/C19H29NO/c1-4-20-18-9-8-17-16(18)6-5-7-19(17)21-15-11-13(2)10-14(3)12-15/h5-7,13-15,18,20H,4,8-12H2,1-3H3. The number of hydrogen-bond donors (Lipinski definition) is 1. The molecular formula is C19H29NO. The summed E-state index contributed by atoms with van der Waals surface area (Å²) >= 11 is 0. The monoisotopic (exact) mass is 287 g/mol. The quantitative estimate of drug-likeness (QED) is 0.881. The fourth-order valence-electron chi connectivity index (χ4n) is 4.34. The van der Waals surface area contributed by atoms with Gasteiger partial charge in [-0.1, -0.05) is 32.9 Å². The molecule has 2 nitrogen and oxygen atoms in total. The normalized spacial score (nSPS) is 32.0. The Hall–Kier alpha value is -1.02. The van der Waals surface area contributed by atoms with Crippen molar-refractivity contribution in [3.05, 3.63) is 29.3 Å². The lowest BCUT2D eigenvalue weighted by atomic mass is 9.82. The minimum absolute atomic E-state index is 0.411. The predicted molar refractivity (Wildman–Crippen MR) is 87.8 cm³/mol. The molecule has 0 aromatic heterocycles. The van der Waals surface area contributed by atoms with E-state index >= 15 is 0 Å². The zero-order valence-corrected chi connectivity index (χ0v) is 13.7. The summed E-state index contributed by atoms with van der Waals surface area (Å²) in [5.41, 5.74) is 2.92. The van der Waals surface area contributed by atoms with Crippen LogP contribution in [0.3, 0.4) is 0 Å². The zero-order chi connectivity index (χ0) is 14.8. The largest absolute Gasteiger partial charge is 0.490 e. The van der Waals surface area contributed by atoms with Crippen LogP contribution < -0.4 is 10.1 Å². The van der Waals surface area contributed by atoms with E-state index in [1.165, 1.54) is 36.8 Å². The van der Waals surface area contributed by atoms with Crippen molar-refractivity contribution in [2.75, 3.05) is 6.54 Å². The molecule has 1 saturated carbocycles. The highest BCUT2D eigenvalue weighted by molar-refractivity contribution is 5.45. The van der Waals surface area contributed by atoms with Gasteiger partial charge in [-0.3, -0.25) is 0 Å². The van der Waals surface area contributed by atoms with Crippen LogP contribution in [0, 0.1) is 11.8 Å². The van der Waals surface area contributed by atoms with Crippen LogP contribution in [0.4, 0.5) is 0 Å². The fourth-order valence-corrected chi connectivity index (χ4v) is 4.34. The van der Waals surface area contributed by atoms with Gasteiger partial charge in [0.25, 0.3) is 0 Å². The van der Waals surface area contributed by atoms with Gasteiger partial charge in [-0.15, -0.1) is 0 Å². The van der Waals surface area contributed by atoms with Crippen LogP contribution in [0.15, 0.2) is 18.2 Å². The Morgan fingerprint density at radius 1 is 1.14 bits per heavy atom. The van der Waals surface area contributed by atoms with Gasteiger partial charge in [-0.05, 0) is 67.7 Å². The van der Waals surface area contributed by atoms with E-state index in [4.69, 9.17) is 4.74 Å². The van der Waals surface area contributed by atoms with Crippen molar-refractivity contribution < 1.29 is 4.74 Å². The van der Waals surface area contributed by atoms with Gasteiger partial charge < -0.3 is 10.1 Å². The summed E-state index contributed by atoms with van der Waals surface area (Å²) in [4.78, 5) is 0. The number of hydrogen-bond acceptors (Lipinski definition) is 2. The maximum atomic E-state index is 6.44. The number of rotatable bonds is 4. The van der Waals surface area contributed by atoms with Crippen molar-refractivity contribution in [1.82, 2.24) is 5.32 Å². The van der Waals surface area contributed by atoms with Crippen LogP contribution in [0.25, 0.3) is 0 Å². The third-order valence-electron chi connectivity index (χ3n) is 5.11. The SMILES string of the molecule is CCNC1CCc2c(OC3CC(C)CC(C)C3)cccc21. The Morgan fingerprint density at radius 2 is 1.90 bits per heavy atom. The Morgan fingerprint density at radius 3 is 2.62 bits per heavy atom. The average molecular weight is 287 g/mol. The van der Waals surface area contributed by atoms with E-state index < -0.39 is 0 Å². The summed E-state index contributed by atoms with van der Waals surface area (Å²) in [6, 6.07) is 7.14. The first-order valence-electron chi connectivity index (χ1n) is 8.69. The molecule has 1 aromatic rings. The van der Waals surface area contributed by atoms with Gasteiger partial charge >= 0.3 is 0 Å². The zero-order valence-electron chi connectivity index (χ0n) is 13.7. The van der Waals surface area contributed by atoms with Crippen LogP contribution in [0.1, 0.15) is 63.6 Å². The van der Waals surface area contributed by atoms with Gasteiger partial charge in [0.1, 0.15) is 5.75 Å². The number of ether oxygens (including phenoxy) is 1. The second-order valence-corrected chi connectivity index (χ2v) is 7.13. The van der Waals surface area contributed by atoms with Crippen molar-refractivity contribution in [1.29, 1.82) is 0 Å². The van der Waals surface area contributed by atoms with Crippen LogP contribution >= 0.6 is 0 Å². The molecule has 3 rings (SSSR count). The molecule has 1 fully saturated rings. The Labute approximate surface area is 129 Å². The summed E-state index contributed by atoms with van der Waals surface area (Å²) in [6.45, 7) is 7.95. The van der Waals surface area contributed by atoms with E-state index in [2.05, 4.69) is 44.3 Å². The highest BCUT2D eigenvalue weighted by Gasteiger charge is 2.28. The lowest BCUT2D eigenvalue weighted by Gasteiger charge is -2.32. The van der Waals surface area contributed by atoms with E-state index in [0.717, 1.165) is 30.6 Å². The molecule has 0 spiro atoms. The smallest absolute Gasteiger partial charge is 0.123 e. The molecular weight excluding hydrogens is 258 g/mol. The van der Waals surface area contributed by atoms with E-state index in [9.17, 15) is 0 Å². The van der Waals surface area contributed by atoms with Crippen molar-refractivity contribution in [3.63, 3.8) is 0 Å². The third kappa shape index (κ3) is 3.26. The number of nitrogens with one attached hydrogen (secondary N) is 1. The summed E-state index contributed by atoms with van der Waals surface area (Å²) in [7, 11) is 0. The maximum absolute atomic E-state index is 6.44. The van der Waals surface area contributed by atoms with Gasteiger partial charge in [0.05, 0.1) is 6.10 Å². The molecule has 116 valence electrons. The fraction of sp³-hybridized carbons (Fsp3) is 0.684. The highest BCUT2D eigenvalue weighted by Crippen LogP contribution is 2.39. The second kappa shape index (κ2) is 6.39.